The summed E-state index contributed by atoms with van der Waals surface area (Å²) >= 11 is 0. The highest BCUT2D eigenvalue weighted by molar-refractivity contribution is 7.91. The van der Waals surface area contributed by atoms with Crippen LogP contribution in [0.2, 0.25) is 0 Å². The normalized spacial score (nSPS) is 15.4. The van der Waals surface area contributed by atoms with Gasteiger partial charge in [0.05, 0.1) is 23.9 Å². The first-order valence-electron chi connectivity index (χ1n) is 12.7. The topological polar surface area (TPSA) is 137 Å². The second kappa shape index (κ2) is 12.0. The van der Waals surface area contributed by atoms with Crippen molar-refractivity contribution in [2.75, 3.05) is 31.3 Å². The van der Waals surface area contributed by atoms with Crippen molar-refractivity contribution in [3.8, 4) is 11.5 Å². The van der Waals surface area contributed by atoms with E-state index < -0.39 is 15.2 Å². The molecule has 10 nitrogen and oxygen atoms in total. The summed E-state index contributed by atoms with van der Waals surface area (Å²) in [4.78, 5) is 23.6. The summed E-state index contributed by atoms with van der Waals surface area (Å²) in [6.45, 7) is 5.38. The minimum Gasteiger partial charge on any atom is -0.493 e. The van der Waals surface area contributed by atoms with Crippen LogP contribution in [-0.4, -0.2) is 66.7 Å². The summed E-state index contributed by atoms with van der Waals surface area (Å²) in [7, 11) is -3.30. The zero-order valence-corrected chi connectivity index (χ0v) is 22.8. The van der Waals surface area contributed by atoms with E-state index in [-0.39, 0.29) is 31.1 Å². The van der Waals surface area contributed by atoms with E-state index in [1.54, 1.807) is 6.33 Å². The fourth-order valence-corrected chi connectivity index (χ4v) is 4.95. The van der Waals surface area contributed by atoms with E-state index >= 15 is 0 Å². The zero-order chi connectivity index (χ0) is 27.3. The van der Waals surface area contributed by atoms with Crippen molar-refractivity contribution < 1.29 is 22.7 Å². The lowest BCUT2D eigenvalue weighted by Crippen LogP contribution is -2.40. The fourth-order valence-electron chi connectivity index (χ4n) is 4.43. The first-order chi connectivity index (χ1) is 18.1. The molecular weight excluding hydrogens is 506 g/mol. The van der Waals surface area contributed by atoms with Crippen LogP contribution < -0.4 is 20.5 Å². The van der Waals surface area contributed by atoms with Gasteiger partial charge >= 0.3 is 6.03 Å². The molecule has 11 heteroatoms. The van der Waals surface area contributed by atoms with Crippen molar-refractivity contribution in [2.45, 2.75) is 50.5 Å². The first-order valence-corrected chi connectivity index (χ1v) is 14.7. The minimum absolute atomic E-state index is 0.0947. The Hall–Kier alpha value is -3.44. The summed E-state index contributed by atoms with van der Waals surface area (Å²) in [5.74, 6) is 1.57. The zero-order valence-electron chi connectivity index (χ0n) is 22.0. The van der Waals surface area contributed by atoms with Gasteiger partial charge in [-0.3, -0.25) is 0 Å². The number of nitrogens with two attached hydrogens (primary N) is 1. The van der Waals surface area contributed by atoms with Gasteiger partial charge in [0.15, 0.2) is 9.84 Å². The summed E-state index contributed by atoms with van der Waals surface area (Å²) in [6, 6.07) is 12.9. The standard InChI is InChI=1S/C27H35N5O5S/c1-18(2)37-21-6-4-20(5-7-21)31-27(33)32-13-10-19(11-14-32)26-23-9-8-22(16-24(23)29-17-30-26)36-15-12-25(28)38(3,34)35/h4-9,16-19,25H,10-15,28H2,1-3H3,(H,31,33). The highest BCUT2D eigenvalue weighted by atomic mass is 32.2. The number of hydrogen-bond donors (Lipinski definition) is 2. The van der Waals surface area contributed by atoms with Gasteiger partial charge in [-0.25, -0.2) is 23.2 Å². The van der Waals surface area contributed by atoms with Crippen LogP contribution in [0.5, 0.6) is 11.5 Å². The predicted octanol–water partition coefficient (Wildman–Crippen LogP) is 3.93. The van der Waals surface area contributed by atoms with Gasteiger partial charge in [-0.2, -0.15) is 0 Å². The molecular formula is C27H35N5O5S. The fraction of sp³-hybridized carbons (Fsp3) is 0.444. The third-order valence-electron chi connectivity index (χ3n) is 6.51. The largest absolute Gasteiger partial charge is 0.493 e. The number of ether oxygens (including phenoxy) is 2. The van der Waals surface area contributed by atoms with Gasteiger partial charge in [0.2, 0.25) is 0 Å². The van der Waals surface area contributed by atoms with Crippen LogP contribution in [0.1, 0.15) is 44.7 Å². The molecule has 0 spiro atoms. The summed E-state index contributed by atoms with van der Waals surface area (Å²) in [5.41, 5.74) is 8.12. The Morgan fingerprint density at radius 2 is 1.79 bits per heavy atom. The number of amides is 2. The molecule has 38 heavy (non-hydrogen) atoms. The Labute approximate surface area is 223 Å². The maximum absolute atomic E-state index is 12.8. The Balaban J connectivity index is 1.33. The third kappa shape index (κ3) is 7.11. The minimum atomic E-state index is -3.30. The Morgan fingerprint density at radius 1 is 1.11 bits per heavy atom. The highest BCUT2D eigenvalue weighted by Crippen LogP contribution is 2.32. The number of carbonyl (C=O) groups excluding carboxylic acids is 1. The van der Waals surface area contributed by atoms with E-state index in [0.717, 1.165) is 47.1 Å². The lowest BCUT2D eigenvalue weighted by Gasteiger charge is -2.32. The number of piperidine rings is 1. The molecule has 3 N–H and O–H groups in total. The van der Waals surface area contributed by atoms with Gasteiger partial charge in [0, 0.05) is 48.8 Å². The lowest BCUT2D eigenvalue weighted by atomic mass is 9.91. The molecule has 1 fully saturated rings. The number of nitrogens with one attached hydrogen (secondary N) is 1. The van der Waals surface area contributed by atoms with Crippen LogP contribution in [0.15, 0.2) is 48.8 Å². The molecule has 0 bridgehead atoms. The molecule has 1 aromatic heterocycles. The van der Waals surface area contributed by atoms with Crippen LogP contribution in [0.3, 0.4) is 0 Å². The maximum atomic E-state index is 12.8. The number of nitrogens with zero attached hydrogens (tertiary/aromatic N) is 3. The van der Waals surface area contributed by atoms with Crippen molar-refractivity contribution in [2.24, 2.45) is 5.73 Å². The number of hydrogen-bond acceptors (Lipinski definition) is 8. The molecule has 1 saturated heterocycles. The average molecular weight is 542 g/mol. The van der Waals surface area contributed by atoms with E-state index in [0.29, 0.717) is 18.8 Å². The predicted molar refractivity (Wildman–Crippen MR) is 147 cm³/mol. The number of urea groups is 1. The smallest absolute Gasteiger partial charge is 0.321 e. The van der Waals surface area contributed by atoms with Crippen molar-refractivity contribution in [1.82, 2.24) is 14.9 Å². The number of aromatic nitrogens is 2. The van der Waals surface area contributed by atoms with Gasteiger partial charge in [-0.1, -0.05) is 0 Å². The van der Waals surface area contributed by atoms with Gasteiger partial charge < -0.3 is 25.4 Å². The van der Waals surface area contributed by atoms with E-state index in [1.807, 2.05) is 61.2 Å². The Bertz CT molecular complexity index is 1360. The van der Waals surface area contributed by atoms with Gasteiger partial charge in [0.25, 0.3) is 0 Å². The van der Waals surface area contributed by atoms with E-state index in [1.165, 1.54) is 0 Å². The molecule has 3 aromatic rings. The lowest BCUT2D eigenvalue weighted by molar-refractivity contribution is 0.194. The molecule has 0 aliphatic carbocycles. The first kappa shape index (κ1) is 27.6. The highest BCUT2D eigenvalue weighted by Gasteiger charge is 2.26. The molecule has 1 atom stereocenters. The second-order valence-electron chi connectivity index (χ2n) is 9.83. The molecule has 1 unspecified atom stereocenters. The van der Waals surface area contributed by atoms with Gasteiger partial charge in [-0.15, -0.1) is 0 Å². The second-order valence-corrected chi connectivity index (χ2v) is 12.1. The third-order valence-corrected chi connectivity index (χ3v) is 7.84. The quantitative estimate of drug-likeness (QED) is 0.416. The molecule has 2 amide bonds. The van der Waals surface area contributed by atoms with Crippen LogP contribution in [-0.2, 0) is 9.84 Å². The summed E-state index contributed by atoms with van der Waals surface area (Å²) < 4.78 is 34.3. The molecule has 1 aliphatic rings. The molecule has 0 radical (unpaired) electrons. The van der Waals surface area contributed by atoms with Crippen LogP contribution in [0.4, 0.5) is 10.5 Å². The van der Waals surface area contributed by atoms with Crippen molar-refractivity contribution >= 4 is 32.5 Å². The number of benzene rings is 2. The average Bonchev–Trinajstić information content (AvgIpc) is 2.88. The van der Waals surface area contributed by atoms with Crippen LogP contribution in [0, 0.1) is 0 Å². The SMILES string of the molecule is CC(C)Oc1ccc(NC(=O)N2CCC(c3ncnc4cc(OCCC(N)S(C)(=O)=O)ccc34)CC2)cc1. The monoisotopic (exact) mass is 541 g/mol. The van der Waals surface area contributed by atoms with Gasteiger partial charge in [0.1, 0.15) is 23.2 Å². The maximum Gasteiger partial charge on any atom is 0.321 e. The Morgan fingerprint density at radius 3 is 2.45 bits per heavy atom. The van der Waals surface area contributed by atoms with Crippen molar-refractivity contribution in [1.29, 1.82) is 0 Å². The van der Waals surface area contributed by atoms with E-state index in [4.69, 9.17) is 15.2 Å². The number of likely N-dealkylation sites (tertiary alicyclic amines) is 1. The molecule has 4 rings (SSSR count). The number of rotatable bonds is 9. The van der Waals surface area contributed by atoms with E-state index in [2.05, 4.69) is 15.3 Å². The number of anilines is 1. The molecule has 1 aliphatic heterocycles. The number of sulfone groups is 1. The number of carbonyl (C=O) groups is 1. The van der Waals surface area contributed by atoms with E-state index in [9.17, 15) is 13.2 Å². The van der Waals surface area contributed by atoms with Crippen LogP contribution in [0.25, 0.3) is 10.9 Å². The Kier molecular flexibility index (Phi) is 8.68. The number of fused-ring (bicyclic) bond motifs is 1. The summed E-state index contributed by atoms with van der Waals surface area (Å²) in [6.07, 6.45) is 4.55. The van der Waals surface area contributed by atoms with Gasteiger partial charge in [-0.05, 0) is 63.1 Å². The molecule has 204 valence electrons. The molecule has 0 saturated carbocycles. The summed E-state index contributed by atoms with van der Waals surface area (Å²) in [5, 5.41) is 2.96. The molecule has 2 heterocycles. The van der Waals surface area contributed by atoms with Crippen molar-refractivity contribution in [3.05, 3.63) is 54.5 Å². The van der Waals surface area contributed by atoms with Crippen molar-refractivity contribution in [3.63, 3.8) is 0 Å². The molecule has 2 aromatic carbocycles. The van der Waals surface area contributed by atoms with Crippen LogP contribution >= 0.6 is 0 Å².